The van der Waals surface area contributed by atoms with Gasteiger partial charge in [0.05, 0.1) is 5.60 Å². The van der Waals surface area contributed by atoms with E-state index < -0.39 is 52.0 Å². The Hall–Kier alpha value is -2.03. The molecule has 4 aliphatic rings. The lowest BCUT2D eigenvalue weighted by Crippen LogP contribution is -2.66. The summed E-state index contributed by atoms with van der Waals surface area (Å²) in [5.41, 5.74) is -3.96. The highest BCUT2D eigenvalue weighted by atomic mass is 16.6. The highest BCUT2D eigenvalue weighted by Gasteiger charge is 2.87. The Morgan fingerprint density at radius 3 is 2.11 bits per heavy atom. The van der Waals surface area contributed by atoms with E-state index in [0.717, 1.165) is 18.4 Å². The molecular formula is C37H59NO7. The fourth-order valence-corrected chi connectivity index (χ4v) is 9.44. The zero-order chi connectivity index (χ0) is 33.2. The van der Waals surface area contributed by atoms with Gasteiger partial charge in [-0.1, -0.05) is 110 Å². The molecule has 0 aliphatic heterocycles. The predicted octanol–water partition coefficient (Wildman–Crippen LogP) is 5.98. The summed E-state index contributed by atoms with van der Waals surface area (Å²) in [6, 6.07) is 0. The number of unbranched alkanes of at least 4 members (excludes halogenated alkanes) is 10. The molecule has 0 aromatic heterocycles. The Labute approximate surface area is 270 Å². The van der Waals surface area contributed by atoms with Crippen molar-refractivity contribution >= 4 is 17.7 Å². The average molecular weight is 630 g/mol. The van der Waals surface area contributed by atoms with Gasteiger partial charge in [-0.05, 0) is 26.0 Å². The topological polar surface area (TPSA) is 122 Å². The molecule has 0 unspecified atom stereocenters. The molecule has 8 nitrogen and oxygen atoms in total. The van der Waals surface area contributed by atoms with Crippen molar-refractivity contribution in [2.24, 2.45) is 29.1 Å². The van der Waals surface area contributed by atoms with Crippen molar-refractivity contribution in [1.29, 1.82) is 0 Å². The van der Waals surface area contributed by atoms with E-state index in [0.29, 0.717) is 18.5 Å². The largest absolute Gasteiger partial charge is 0.458 e. The number of rotatable bonds is 16. The van der Waals surface area contributed by atoms with Gasteiger partial charge in [0.2, 0.25) is 0 Å². The molecule has 0 radical (unpaired) electrons. The van der Waals surface area contributed by atoms with Gasteiger partial charge in [0.1, 0.15) is 11.7 Å². The smallest absolute Gasteiger partial charge is 0.306 e. The second kappa shape index (κ2) is 14.0. The Balaban J connectivity index is 1.52. The molecule has 3 N–H and O–H groups in total. The van der Waals surface area contributed by atoms with Crippen LogP contribution in [0.1, 0.15) is 125 Å². The molecule has 0 aromatic rings. The summed E-state index contributed by atoms with van der Waals surface area (Å²) in [6.45, 7) is 11.5. The third-order valence-electron chi connectivity index (χ3n) is 11.7. The molecule has 0 saturated heterocycles. The van der Waals surface area contributed by atoms with Crippen molar-refractivity contribution in [3.63, 3.8) is 0 Å². The first kappa shape index (κ1) is 35.8. The summed E-state index contributed by atoms with van der Waals surface area (Å²) in [7, 11) is 1.80. The number of likely N-dealkylation sites (N-methyl/N-ethyl adjacent to an activating group) is 1. The predicted molar refractivity (Wildman–Crippen MR) is 174 cm³/mol. The number of ketones is 1. The summed E-state index contributed by atoms with van der Waals surface area (Å²) < 4.78 is 12.4. The van der Waals surface area contributed by atoms with Crippen molar-refractivity contribution in [2.45, 2.75) is 148 Å². The Bertz CT molecular complexity index is 1180. The van der Waals surface area contributed by atoms with E-state index in [1.165, 1.54) is 58.3 Å². The lowest BCUT2D eigenvalue weighted by molar-refractivity contribution is -0.228. The molecule has 2 saturated carbocycles. The Kier molecular flexibility index (Phi) is 11.1. The highest BCUT2D eigenvalue weighted by molar-refractivity contribution is 6.04. The number of aliphatic hydroxyl groups is 2. The molecule has 0 amide bonds. The summed E-state index contributed by atoms with van der Waals surface area (Å²) >= 11 is 0. The first-order chi connectivity index (χ1) is 21.2. The molecule has 0 aromatic carbocycles. The minimum atomic E-state index is -1.81. The second-order valence-electron chi connectivity index (χ2n) is 15.1. The van der Waals surface area contributed by atoms with Crippen LogP contribution in [0.15, 0.2) is 23.3 Å². The van der Waals surface area contributed by atoms with E-state index in [-0.39, 0.29) is 30.5 Å². The Morgan fingerprint density at radius 1 is 0.978 bits per heavy atom. The van der Waals surface area contributed by atoms with Crippen molar-refractivity contribution in [3.8, 4) is 0 Å². The maximum Gasteiger partial charge on any atom is 0.306 e. The fourth-order valence-electron chi connectivity index (χ4n) is 9.44. The standard InChI is InChI=1S/C37H59NO7/c1-8-9-10-11-12-13-14-15-16-17-18-19-30(40)44-33-25(3)36(43)28(31-34(5,6)37(31,33)45-26(4)39)21-27(23-38-7)22-35(42)29(36)20-24(2)32(35)41/h20-21,25,28-29,31,33,38,42-43H,8-19,22-23H2,1-7H3/t25-,28+,29-,31-,33-,35-,36-,37-/m1/s1. The third-order valence-corrected chi connectivity index (χ3v) is 11.7. The average Bonchev–Trinajstić information content (AvgIpc) is 3.39. The molecule has 0 spiro atoms. The molecule has 2 fully saturated rings. The third kappa shape index (κ3) is 6.32. The normalized spacial score (nSPS) is 36.2. The van der Waals surface area contributed by atoms with Crippen LogP contribution in [0.5, 0.6) is 0 Å². The van der Waals surface area contributed by atoms with E-state index in [1.54, 1.807) is 20.0 Å². The number of ether oxygens (including phenoxy) is 2. The van der Waals surface area contributed by atoms with Gasteiger partial charge in [-0.2, -0.15) is 0 Å². The van der Waals surface area contributed by atoms with Crippen LogP contribution in [-0.2, 0) is 23.9 Å². The number of nitrogens with one attached hydrogen (secondary N) is 1. The molecule has 8 atom stereocenters. The van der Waals surface area contributed by atoms with E-state index in [2.05, 4.69) is 12.2 Å². The number of hydrogen-bond donors (Lipinski definition) is 3. The van der Waals surface area contributed by atoms with Crippen molar-refractivity contribution < 1.29 is 34.1 Å². The van der Waals surface area contributed by atoms with Gasteiger partial charge in [-0.3, -0.25) is 14.4 Å². The van der Waals surface area contributed by atoms with E-state index in [1.807, 2.05) is 26.8 Å². The van der Waals surface area contributed by atoms with Gasteiger partial charge in [-0.25, -0.2) is 0 Å². The summed E-state index contributed by atoms with van der Waals surface area (Å²) in [5.74, 6) is -3.78. The van der Waals surface area contributed by atoms with Gasteiger partial charge in [0.15, 0.2) is 11.4 Å². The van der Waals surface area contributed by atoms with Crippen LogP contribution in [0.25, 0.3) is 0 Å². The molecular weight excluding hydrogens is 570 g/mol. The van der Waals surface area contributed by atoms with Crippen LogP contribution in [0, 0.1) is 29.1 Å². The van der Waals surface area contributed by atoms with Crippen LogP contribution < -0.4 is 5.32 Å². The monoisotopic (exact) mass is 629 g/mol. The number of esters is 2. The van der Waals surface area contributed by atoms with Gasteiger partial charge in [0, 0.05) is 55.4 Å². The van der Waals surface area contributed by atoms with Crippen molar-refractivity contribution in [2.75, 3.05) is 13.6 Å². The van der Waals surface area contributed by atoms with Gasteiger partial charge < -0.3 is 25.0 Å². The van der Waals surface area contributed by atoms with Crippen LogP contribution in [-0.4, -0.2) is 64.4 Å². The molecule has 0 bridgehead atoms. The van der Waals surface area contributed by atoms with Crippen molar-refractivity contribution in [3.05, 3.63) is 23.3 Å². The lowest BCUT2D eigenvalue weighted by atomic mass is 9.59. The van der Waals surface area contributed by atoms with Gasteiger partial charge in [0.25, 0.3) is 0 Å². The van der Waals surface area contributed by atoms with Crippen LogP contribution >= 0.6 is 0 Å². The number of carbonyl (C=O) groups is 3. The summed E-state index contributed by atoms with van der Waals surface area (Å²) in [5, 5.41) is 28.0. The van der Waals surface area contributed by atoms with Gasteiger partial charge >= 0.3 is 11.9 Å². The van der Waals surface area contributed by atoms with E-state index in [4.69, 9.17) is 9.47 Å². The minimum absolute atomic E-state index is 0.0910. The first-order valence-electron chi connectivity index (χ1n) is 17.6. The van der Waals surface area contributed by atoms with Crippen LogP contribution in [0.4, 0.5) is 0 Å². The SMILES string of the molecule is CCCCCCCCCCCCCC(=O)O[C@@H]1[C@@H](C)[C@@]2(O)[C@@H](C=C(CNC)C[C@]3(O)C(=O)C(C)=C[C@@H]23)[C@@H]2C(C)(C)[C@]12OC(C)=O. The highest BCUT2D eigenvalue weighted by Crippen LogP contribution is 2.77. The maximum atomic E-state index is 13.4. The zero-order valence-electron chi connectivity index (χ0n) is 28.9. The second-order valence-corrected chi connectivity index (χ2v) is 15.1. The summed E-state index contributed by atoms with van der Waals surface area (Å²) in [6.07, 6.45) is 16.1. The van der Waals surface area contributed by atoms with Gasteiger partial charge in [-0.15, -0.1) is 0 Å². The first-order valence-corrected chi connectivity index (χ1v) is 17.6. The number of carbonyl (C=O) groups excluding carboxylic acids is 3. The molecule has 254 valence electrons. The van der Waals surface area contributed by atoms with E-state index >= 15 is 0 Å². The fraction of sp³-hybridized carbons (Fsp3) is 0.811. The molecule has 4 rings (SSSR count). The Morgan fingerprint density at radius 2 is 1.56 bits per heavy atom. The summed E-state index contributed by atoms with van der Waals surface area (Å²) in [4.78, 5) is 39.4. The molecule has 4 aliphatic carbocycles. The maximum absolute atomic E-state index is 13.4. The molecule has 45 heavy (non-hydrogen) atoms. The zero-order valence-corrected chi connectivity index (χ0v) is 28.9. The molecule has 8 heteroatoms. The number of Topliss-reactive ketones (excluding diaryl/α,β-unsaturated/α-hetero) is 1. The van der Waals surface area contributed by atoms with E-state index in [9.17, 15) is 24.6 Å². The number of fused-ring (bicyclic) bond motifs is 5. The number of hydrogen-bond acceptors (Lipinski definition) is 8. The van der Waals surface area contributed by atoms with Crippen molar-refractivity contribution in [1.82, 2.24) is 5.32 Å². The molecule has 0 heterocycles. The minimum Gasteiger partial charge on any atom is -0.458 e. The van der Waals surface area contributed by atoms with Crippen LogP contribution in [0.2, 0.25) is 0 Å². The van der Waals surface area contributed by atoms with Crippen LogP contribution in [0.3, 0.4) is 0 Å². The lowest BCUT2D eigenvalue weighted by Gasteiger charge is -2.53. The quantitative estimate of drug-likeness (QED) is 0.108.